The lowest BCUT2D eigenvalue weighted by molar-refractivity contribution is -0.121. The first-order valence-electron chi connectivity index (χ1n) is 10.2. The molecule has 27 heavy (non-hydrogen) atoms. The van der Waals surface area contributed by atoms with E-state index in [1.165, 1.54) is 25.9 Å². The average Bonchev–Trinajstić information content (AvgIpc) is 3.14. The Balaban J connectivity index is 1.44. The summed E-state index contributed by atoms with van der Waals surface area (Å²) in [5, 5.41) is 3.01. The molecule has 2 aliphatic rings. The van der Waals surface area contributed by atoms with E-state index in [1.54, 1.807) is 0 Å². The van der Waals surface area contributed by atoms with E-state index in [0.29, 0.717) is 5.75 Å². The Morgan fingerprint density at radius 1 is 1.30 bits per heavy atom. The van der Waals surface area contributed by atoms with Gasteiger partial charge in [0.2, 0.25) is 12.7 Å². The highest BCUT2D eigenvalue weighted by molar-refractivity contribution is 5.94. The molecule has 2 aliphatic heterocycles. The highest BCUT2D eigenvalue weighted by Gasteiger charge is 2.27. The van der Waals surface area contributed by atoms with Gasteiger partial charge in [0, 0.05) is 18.3 Å². The van der Waals surface area contributed by atoms with Gasteiger partial charge < -0.3 is 19.7 Å². The topological polar surface area (TPSA) is 54.0 Å². The number of fused-ring (bicyclic) bond motifs is 1. The molecule has 1 saturated heterocycles. The number of ether oxygens (including phenoxy) is 2. The minimum Gasteiger partial charge on any atom is -0.454 e. The number of hydrogen-bond donors (Lipinski definition) is 1. The Labute approximate surface area is 162 Å². The summed E-state index contributed by atoms with van der Waals surface area (Å²) in [6.07, 6.45) is 4.85. The summed E-state index contributed by atoms with van der Waals surface area (Å²) >= 11 is 0. The predicted octanol–water partition coefficient (Wildman–Crippen LogP) is 3.19. The number of carbonyl (C=O) groups excluding carboxylic acids is 1. The van der Waals surface area contributed by atoms with Gasteiger partial charge in [0.15, 0.2) is 11.5 Å². The van der Waals surface area contributed by atoms with E-state index in [1.807, 2.05) is 25.1 Å². The summed E-state index contributed by atoms with van der Waals surface area (Å²) in [7, 11) is 2.23. The molecule has 1 atom stereocenters. The molecule has 0 aliphatic carbocycles. The summed E-state index contributed by atoms with van der Waals surface area (Å²) in [5.41, 5.74) is 0.753. The van der Waals surface area contributed by atoms with Gasteiger partial charge in [-0.2, -0.15) is 0 Å². The molecule has 1 N–H and O–H groups in total. The number of piperidine rings is 1. The van der Waals surface area contributed by atoms with E-state index < -0.39 is 0 Å². The first-order valence-corrected chi connectivity index (χ1v) is 10.2. The van der Waals surface area contributed by atoms with Crippen LogP contribution >= 0.6 is 0 Å². The Bertz CT molecular complexity index is 629. The van der Waals surface area contributed by atoms with Crippen molar-refractivity contribution >= 4 is 11.6 Å². The van der Waals surface area contributed by atoms with Crippen LogP contribution in [0.25, 0.3) is 0 Å². The summed E-state index contributed by atoms with van der Waals surface area (Å²) in [6, 6.07) is 5.39. The number of likely N-dealkylation sites (tertiary alicyclic amines) is 1. The van der Waals surface area contributed by atoms with Crippen LogP contribution in [0.15, 0.2) is 18.2 Å². The van der Waals surface area contributed by atoms with Gasteiger partial charge in [0.25, 0.3) is 0 Å². The SMILES string of the molecule is CCCCN(C)CC1CCN(C(C)C(=O)Nc2ccc3c(c2)OCO3)CC1. The van der Waals surface area contributed by atoms with Gasteiger partial charge >= 0.3 is 0 Å². The number of rotatable bonds is 8. The lowest BCUT2D eigenvalue weighted by Crippen LogP contribution is -2.47. The van der Waals surface area contributed by atoms with Crippen LogP contribution in [0.3, 0.4) is 0 Å². The molecule has 6 heteroatoms. The molecule has 150 valence electrons. The van der Waals surface area contributed by atoms with Gasteiger partial charge in [-0.05, 0) is 70.9 Å². The Morgan fingerprint density at radius 3 is 2.78 bits per heavy atom. The average molecular weight is 376 g/mol. The second-order valence-electron chi connectivity index (χ2n) is 7.83. The van der Waals surface area contributed by atoms with Crippen LogP contribution in [0.5, 0.6) is 11.5 Å². The second-order valence-corrected chi connectivity index (χ2v) is 7.83. The van der Waals surface area contributed by atoms with Crippen molar-refractivity contribution in [2.45, 2.75) is 45.6 Å². The van der Waals surface area contributed by atoms with Crippen molar-refractivity contribution in [2.75, 3.05) is 45.3 Å². The van der Waals surface area contributed by atoms with Gasteiger partial charge in [-0.15, -0.1) is 0 Å². The van der Waals surface area contributed by atoms with Gasteiger partial charge in [-0.1, -0.05) is 13.3 Å². The van der Waals surface area contributed by atoms with Crippen LogP contribution in [-0.4, -0.2) is 61.8 Å². The lowest BCUT2D eigenvalue weighted by Gasteiger charge is -2.36. The first-order chi connectivity index (χ1) is 13.1. The Hall–Kier alpha value is -1.79. The summed E-state index contributed by atoms with van der Waals surface area (Å²) in [5.74, 6) is 2.19. The molecule has 6 nitrogen and oxygen atoms in total. The number of amides is 1. The normalized spacial score (nSPS) is 18.7. The van der Waals surface area contributed by atoms with Crippen LogP contribution < -0.4 is 14.8 Å². The standard InChI is InChI=1S/C21H33N3O3/c1-4-5-10-23(3)14-17-8-11-24(12-9-17)16(2)21(25)22-18-6-7-19-20(13-18)27-15-26-19/h6-7,13,16-17H,4-5,8-12,14-15H2,1-3H3,(H,22,25). The van der Waals surface area contributed by atoms with Crippen molar-refractivity contribution in [1.82, 2.24) is 9.80 Å². The fourth-order valence-electron chi connectivity index (χ4n) is 3.87. The van der Waals surface area contributed by atoms with E-state index in [4.69, 9.17) is 9.47 Å². The zero-order chi connectivity index (χ0) is 19.2. The third kappa shape index (κ3) is 5.36. The van der Waals surface area contributed by atoms with Gasteiger partial charge in [0.05, 0.1) is 6.04 Å². The molecule has 1 unspecified atom stereocenters. The zero-order valence-electron chi connectivity index (χ0n) is 16.9. The van der Waals surface area contributed by atoms with Crippen LogP contribution in [0.1, 0.15) is 39.5 Å². The van der Waals surface area contributed by atoms with Gasteiger partial charge in [0.1, 0.15) is 0 Å². The first kappa shape index (κ1) is 20.0. The van der Waals surface area contributed by atoms with E-state index in [9.17, 15) is 4.79 Å². The zero-order valence-corrected chi connectivity index (χ0v) is 16.9. The molecular weight excluding hydrogens is 342 g/mol. The smallest absolute Gasteiger partial charge is 0.241 e. The van der Waals surface area contributed by atoms with Crippen LogP contribution in [0, 0.1) is 5.92 Å². The maximum atomic E-state index is 12.7. The fourth-order valence-corrected chi connectivity index (χ4v) is 3.87. The van der Waals surface area contributed by atoms with Gasteiger partial charge in [-0.3, -0.25) is 9.69 Å². The predicted molar refractivity (Wildman–Crippen MR) is 107 cm³/mol. The minimum atomic E-state index is -0.130. The molecule has 0 bridgehead atoms. The number of carbonyl (C=O) groups is 1. The molecule has 1 aromatic rings. The third-order valence-electron chi connectivity index (χ3n) is 5.68. The fraction of sp³-hybridized carbons (Fsp3) is 0.667. The largest absolute Gasteiger partial charge is 0.454 e. The van der Waals surface area contributed by atoms with Crippen molar-refractivity contribution in [1.29, 1.82) is 0 Å². The minimum absolute atomic E-state index is 0.0346. The second kappa shape index (κ2) is 9.42. The van der Waals surface area contributed by atoms with E-state index >= 15 is 0 Å². The lowest BCUT2D eigenvalue weighted by atomic mass is 9.95. The highest BCUT2D eigenvalue weighted by atomic mass is 16.7. The van der Waals surface area contributed by atoms with Crippen LogP contribution in [-0.2, 0) is 4.79 Å². The van der Waals surface area contributed by atoms with Crippen molar-refractivity contribution in [3.05, 3.63) is 18.2 Å². The maximum absolute atomic E-state index is 12.7. The van der Waals surface area contributed by atoms with Crippen molar-refractivity contribution in [3.8, 4) is 11.5 Å². The maximum Gasteiger partial charge on any atom is 0.241 e. The van der Waals surface area contributed by atoms with E-state index in [-0.39, 0.29) is 18.7 Å². The van der Waals surface area contributed by atoms with Crippen LogP contribution in [0.4, 0.5) is 5.69 Å². The molecule has 3 rings (SSSR count). The molecular formula is C21H33N3O3. The number of hydrogen-bond acceptors (Lipinski definition) is 5. The molecule has 0 aromatic heterocycles. The molecule has 0 spiro atoms. The molecule has 2 heterocycles. The molecule has 0 saturated carbocycles. The molecule has 1 aromatic carbocycles. The number of nitrogens with one attached hydrogen (secondary N) is 1. The van der Waals surface area contributed by atoms with Crippen LogP contribution in [0.2, 0.25) is 0 Å². The van der Waals surface area contributed by atoms with Gasteiger partial charge in [-0.25, -0.2) is 0 Å². The molecule has 1 fully saturated rings. The number of unbranched alkanes of at least 4 members (excludes halogenated alkanes) is 1. The number of anilines is 1. The Morgan fingerprint density at radius 2 is 2.04 bits per heavy atom. The summed E-state index contributed by atoms with van der Waals surface area (Å²) in [6.45, 7) is 8.81. The third-order valence-corrected chi connectivity index (χ3v) is 5.68. The highest BCUT2D eigenvalue weighted by Crippen LogP contribution is 2.34. The van der Waals surface area contributed by atoms with E-state index in [0.717, 1.165) is 43.3 Å². The van der Waals surface area contributed by atoms with Crippen molar-refractivity contribution in [2.24, 2.45) is 5.92 Å². The summed E-state index contributed by atoms with van der Waals surface area (Å²) < 4.78 is 10.7. The number of nitrogens with zero attached hydrogens (tertiary/aromatic N) is 2. The molecule has 0 radical (unpaired) electrons. The quantitative estimate of drug-likeness (QED) is 0.756. The van der Waals surface area contributed by atoms with Crippen molar-refractivity contribution < 1.29 is 14.3 Å². The van der Waals surface area contributed by atoms with Crippen molar-refractivity contribution in [3.63, 3.8) is 0 Å². The number of benzene rings is 1. The summed E-state index contributed by atoms with van der Waals surface area (Å²) in [4.78, 5) is 17.4. The van der Waals surface area contributed by atoms with E-state index in [2.05, 4.69) is 29.1 Å². The Kier molecular flexibility index (Phi) is 6.96. The monoisotopic (exact) mass is 375 g/mol. The molecule has 1 amide bonds.